The number of phenolic OH excluding ortho intramolecular Hbond substituents is 1. The molecule has 0 bridgehead atoms. The summed E-state index contributed by atoms with van der Waals surface area (Å²) in [6.07, 6.45) is 0.878. The predicted octanol–water partition coefficient (Wildman–Crippen LogP) is 2.78. The molecule has 0 aliphatic carbocycles. The number of benzene rings is 2. The molecule has 0 saturated heterocycles. The Labute approximate surface area is 112 Å². The number of hydrogen-bond donors (Lipinski definition) is 1. The monoisotopic (exact) mass is 253 g/mol. The van der Waals surface area contributed by atoms with E-state index in [9.17, 15) is 5.11 Å². The van der Waals surface area contributed by atoms with E-state index in [1.807, 2.05) is 24.3 Å². The van der Waals surface area contributed by atoms with Crippen LogP contribution < -0.4 is 0 Å². The molecular formula is C16H15NO2. The average Bonchev–Trinajstić information content (AvgIpc) is 2.88. The molecule has 96 valence electrons. The lowest BCUT2D eigenvalue weighted by atomic mass is 10.1. The van der Waals surface area contributed by atoms with Crippen LogP contribution in [0.4, 0.5) is 0 Å². The average molecular weight is 253 g/mol. The topological polar surface area (TPSA) is 41.8 Å². The molecule has 0 saturated carbocycles. The summed E-state index contributed by atoms with van der Waals surface area (Å²) in [4.78, 5) is 4.58. The van der Waals surface area contributed by atoms with Gasteiger partial charge in [0, 0.05) is 5.56 Å². The zero-order chi connectivity index (χ0) is 13.1. The lowest BCUT2D eigenvalue weighted by molar-refractivity contribution is 0.317. The molecule has 0 unspecified atom stereocenters. The van der Waals surface area contributed by atoms with E-state index in [4.69, 9.17) is 4.74 Å². The molecule has 0 aromatic heterocycles. The second kappa shape index (κ2) is 5.14. The minimum absolute atomic E-state index is 0.153. The first-order valence-electron chi connectivity index (χ1n) is 6.35. The first-order valence-corrected chi connectivity index (χ1v) is 6.35. The fourth-order valence-corrected chi connectivity index (χ4v) is 2.20. The number of aliphatic imine (C=N–C) groups is 1. The van der Waals surface area contributed by atoms with E-state index in [0.717, 1.165) is 12.0 Å². The molecular weight excluding hydrogens is 238 g/mol. The van der Waals surface area contributed by atoms with Crippen molar-refractivity contribution in [1.82, 2.24) is 0 Å². The molecule has 2 aromatic rings. The van der Waals surface area contributed by atoms with E-state index in [1.54, 1.807) is 18.2 Å². The van der Waals surface area contributed by atoms with Crippen LogP contribution in [0.1, 0.15) is 11.1 Å². The van der Waals surface area contributed by atoms with Crippen molar-refractivity contribution in [1.29, 1.82) is 0 Å². The molecule has 0 radical (unpaired) electrons. The van der Waals surface area contributed by atoms with Gasteiger partial charge in [0.1, 0.15) is 12.4 Å². The van der Waals surface area contributed by atoms with Crippen molar-refractivity contribution in [2.75, 3.05) is 6.61 Å². The van der Waals surface area contributed by atoms with Crippen LogP contribution >= 0.6 is 0 Å². The minimum Gasteiger partial charge on any atom is -0.508 e. The van der Waals surface area contributed by atoms with Crippen molar-refractivity contribution in [3.05, 3.63) is 65.7 Å². The van der Waals surface area contributed by atoms with Gasteiger partial charge in [0.25, 0.3) is 0 Å². The first-order chi connectivity index (χ1) is 9.31. The summed E-state index contributed by atoms with van der Waals surface area (Å²) in [6.45, 7) is 0.597. The molecule has 0 spiro atoms. The molecule has 0 fully saturated rings. The highest BCUT2D eigenvalue weighted by Gasteiger charge is 2.20. The summed E-state index contributed by atoms with van der Waals surface area (Å²) >= 11 is 0. The van der Waals surface area contributed by atoms with E-state index >= 15 is 0 Å². The number of phenols is 1. The fraction of sp³-hybridized carbons (Fsp3) is 0.188. The van der Waals surface area contributed by atoms with Crippen molar-refractivity contribution in [2.24, 2.45) is 4.99 Å². The smallest absolute Gasteiger partial charge is 0.216 e. The molecule has 1 aliphatic heterocycles. The molecule has 3 nitrogen and oxygen atoms in total. The summed E-state index contributed by atoms with van der Waals surface area (Å²) in [5.74, 6) is 0.854. The van der Waals surface area contributed by atoms with Crippen LogP contribution in [0.3, 0.4) is 0 Å². The SMILES string of the molecule is Oc1cccc(C2=N[C@H](Cc3ccccc3)CO2)c1. The third kappa shape index (κ3) is 2.76. The molecule has 0 amide bonds. The largest absolute Gasteiger partial charge is 0.508 e. The van der Waals surface area contributed by atoms with Crippen molar-refractivity contribution < 1.29 is 9.84 Å². The second-order valence-electron chi connectivity index (χ2n) is 4.64. The van der Waals surface area contributed by atoms with E-state index in [-0.39, 0.29) is 11.8 Å². The van der Waals surface area contributed by atoms with E-state index in [0.29, 0.717) is 12.5 Å². The molecule has 1 aliphatic rings. The van der Waals surface area contributed by atoms with Crippen molar-refractivity contribution >= 4 is 5.90 Å². The van der Waals surface area contributed by atoms with Crippen LogP contribution in [0.15, 0.2) is 59.6 Å². The highest BCUT2D eigenvalue weighted by Crippen LogP contribution is 2.18. The lowest BCUT2D eigenvalue weighted by Gasteiger charge is -2.04. The molecule has 19 heavy (non-hydrogen) atoms. The fourth-order valence-electron chi connectivity index (χ4n) is 2.20. The van der Waals surface area contributed by atoms with Crippen LogP contribution in [-0.2, 0) is 11.2 Å². The number of nitrogens with zero attached hydrogens (tertiary/aromatic N) is 1. The highest BCUT2D eigenvalue weighted by atomic mass is 16.5. The van der Waals surface area contributed by atoms with E-state index < -0.39 is 0 Å². The Balaban J connectivity index is 1.74. The van der Waals surface area contributed by atoms with Crippen LogP contribution in [0.25, 0.3) is 0 Å². The summed E-state index contributed by atoms with van der Waals surface area (Å²) in [6, 6.07) is 17.4. The summed E-state index contributed by atoms with van der Waals surface area (Å²) in [7, 11) is 0. The Bertz CT molecular complexity index is 593. The predicted molar refractivity (Wildman–Crippen MR) is 74.5 cm³/mol. The Morgan fingerprint density at radius 2 is 1.95 bits per heavy atom. The number of rotatable bonds is 3. The van der Waals surface area contributed by atoms with Crippen LogP contribution in [0.5, 0.6) is 5.75 Å². The van der Waals surface area contributed by atoms with Crippen LogP contribution in [0.2, 0.25) is 0 Å². The Kier molecular flexibility index (Phi) is 3.19. The molecule has 1 N–H and O–H groups in total. The van der Waals surface area contributed by atoms with Gasteiger partial charge in [0.15, 0.2) is 0 Å². The van der Waals surface area contributed by atoms with Gasteiger partial charge in [-0.05, 0) is 30.2 Å². The maximum absolute atomic E-state index is 9.46. The number of ether oxygens (including phenoxy) is 1. The summed E-state index contributed by atoms with van der Waals surface area (Å²) < 4.78 is 5.62. The first kappa shape index (κ1) is 11.8. The van der Waals surface area contributed by atoms with Gasteiger partial charge in [-0.15, -0.1) is 0 Å². The maximum Gasteiger partial charge on any atom is 0.216 e. The van der Waals surface area contributed by atoms with Crippen LogP contribution in [-0.4, -0.2) is 23.7 Å². The van der Waals surface area contributed by atoms with Gasteiger partial charge in [0.2, 0.25) is 5.90 Å². The van der Waals surface area contributed by atoms with Gasteiger partial charge in [-0.25, -0.2) is 4.99 Å². The molecule has 2 aromatic carbocycles. The third-order valence-electron chi connectivity index (χ3n) is 3.12. The van der Waals surface area contributed by atoms with Gasteiger partial charge in [-0.2, -0.15) is 0 Å². The van der Waals surface area contributed by atoms with Gasteiger partial charge in [-0.1, -0.05) is 36.4 Å². The van der Waals surface area contributed by atoms with Gasteiger partial charge in [0.05, 0.1) is 6.04 Å². The zero-order valence-electron chi connectivity index (χ0n) is 10.5. The molecule has 3 rings (SSSR count). The lowest BCUT2D eigenvalue weighted by Crippen LogP contribution is -2.09. The standard InChI is InChI=1S/C16H15NO2/c18-15-8-4-7-13(10-15)16-17-14(11-19-16)9-12-5-2-1-3-6-12/h1-8,10,14,18H,9,11H2/t14-/m1/s1. The van der Waals surface area contributed by atoms with Crippen molar-refractivity contribution in [3.8, 4) is 5.75 Å². The van der Waals surface area contributed by atoms with Gasteiger partial charge in [-0.3, -0.25) is 0 Å². The van der Waals surface area contributed by atoms with Crippen molar-refractivity contribution in [2.45, 2.75) is 12.5 Å². The van der Waals surface area contributed by atoms with Crippen LogP contribution in [0, 0.1) is 0 Å². The Hall–Kier alpha value is -2.29. The number of hydrogen-bond acceptors (Lipinski definition) is 3. The number of aromatic hydroxyl groups is 1. The Morgan fingerprint density at radius 3 is 2.74 bits per heavy atom. The summed E-state index contributed by atoms with van der Waals surface area (Å²) in [5.41, 5.74) is 2.09. The molecule has 1 heterocycles. The molecule has 3 heteroatoms. The quantitative estimate of drug-likeness (QED) is 0.913. The minimum atomic E-state index is 0.153. The van der Waals surface area contributed by atoms with E-state index in [2.05, 4.69) is 17.1 Å². The maximum atomic E-state index is 9.46. The highest BCUT2D eigenvalue weighted by molar-refractivity contribution is 5.95. The zero-order valence-corrected chi connectivity index (χ0v) is 10.5. The van der Waals surface area contributed by atoms with Gasteiger partial charge >= 0.3 is 0 Å². The normalized spacial score (nSPS) is 17.9. The summed E-state index contributed by atoms with van der Waals surface area (Å²) in [5, 5.41) is 9.46. The van der Waals surface area contributed by atoms with Crippen molar-refractivity contribution in [3.63, 3.8) is 0 Å². The third-order valence-corrected chi connectivity index (χ3v) is 3.12. The van der Waals surface area contributed by atoms with E-state index in [1.165, 1.54) is 5.56 Å². The second-order valence-corrected chi connectivity index (χ2v) is 4.64. The molecule has 1 atom stereocenters. The van der Waals surface area contributed by atoms with Gasteiger partial charge < -0.3 is 9.84 Å². The Morgan fingerprint density at radius 1 is 1.11 bits per heavy atom.